The molecule has 5 nitrogen and oxygen atoms in total. The van der Waals surface area contributed by atoms with Crippen molar-refractivity contribution in [3.63, 3.8) is 0 Å². The van der Waals surface area contributed by atoms with Gasteiger partial charge in [-0.2, -0.15) is 22.7 Å². The van der Waals surface area contributed by atoms with Gasteiger partial charge in [0.05, 0.1) is 6.21 Å². The third kappa shape index (κ3) is 4.13. The van der Waals surface area contributed by atoms with E-state index in [1.807, 2.05) is 31.2 Å². The summed E-state index contributed by atoms with van der Waals surface area (Å²) in [6.45, 7) is 1.87. The molecule has 3 rings (SSSR count). The van der Waals surface area contributed by atoms with E-state index in [0.717, 1.165) is 34.3 Å². The minimum Gasteiger partial charge on any atom is -0.428 e. The van der Waals surface area contributed by atoms with Crippen LogP contribution in [-0.4, -0.2) is 29.6 Å². The predicted octanol–water partition coefficient (Wildman–Crippen LogP) is 4.48. The molecule has 2 N–H and O–H groups in total. The highest BCUT2D eigenvalue weighted by atomic mass is 19.3. The Bertz CT molecular complexity index is 1010. The number of H-pyrrole nitrogens is 1. The van der Waals surface area contributed by atoms with Gasteiger partial charge >= 0.3 is 12.5 Å². The van der Waals surface area contributed by atoms with E-state index < -0.39 is 24.2 Å². The number of nitrogens with one attached hydrogen (secondary N) is 2. The zero-order valence-electron chi connectivity index (χ0n) is 14.5. The maximum absolute atomic E-state index is 12.9. The zero-order valence-corrected chi connectivity index (χ0v) is 14.5. The number of hydrazone groups is 1. The van der Waals surface area contributed by atoms with E-state index in [2.05, 4.69) is 20.2 Å². The molecular formula is C19H15F4N3O2. The fourth-order valence-corrected chi connectivity index (χ4v) is 2.56. The van der Waals surface area contributed by atoms with Gasteiger partial charge in [-0.15, -0.1) is 0 Å². The molecule has 0 saturated heterocycles. The number of fused-ring (bicyclic) bond motifs is 1. The van der Waals surface area contributed by atoms with Crippen molar-refractivity contribution in [1.82, 2.24) is 10.4 Å². The number of aryl methyl sites for hydroxylation is 1. The van der Waals surface area contributed by atoms with Crippen molar-refractivity contribution in [2.24, 2.45) is 5.10 Å². The van der Waals surface area contributed by atoms with E-state index in [9.17, 15) is 22.4 Å². The fourth-order valence-electron chi connectivity index (χ4n) is 2.56. The van der Waals surface area contributed by atoms with Gasteiger partial charge in [0.15, 0.2) is 0 Å². The number of aromatic nitrogens is 1. The molecule has 2 aromatic carbocycles. The van der Waals surface area contributed by atoms with Crippen LogP contribution in [0.1, 0.15) is 21.6 Å². The van der Waals surface area contributed by atoms with Crippen molar-refractivity contribution in [1.29, 1.82) is 0 Å². The molecule has 0 aliphatic heterocycles. The van der Waals surface area contributed by atoms with Crippen molar-refractivity contribution < 1.29 is 27.1 Å². The van der Waals surface area contributed by atoms with Gasteiger partial charge in [-0.25, -0.2) is 5.43 Å². The number of ether oxygens (including phenoxy) is 1. The van der Waals surface area contributed by atoms with Crippen molar-refractivity contribution in [2.45, 2.75) is 19.5 Å². The van der Waals surface area contributed by atoms with Gasteiger partial charge in [-0.1, -0.05) is 18.2 Å². The summed E-state index contributed by atoms with van der Waals surface area (Å²) < 4.78 is 53.9. The lowest BCUT2D eigenvalue weighted by Gasteiger charge is -2.16. The van der Waals surface area contributed by atoms with Crippen LogP contribution in [0.25, 0.3) is 10.9 Å². The minimum atomic E-state index is -4.61. The maximum Gasteiger partial charge on any atom is 0.461 e. The van der Waals surface area contributed by atoms with Crippen molar-refractivity contribution >= 4 is 23.0 Å². The first kappa shape index (κ1) is 19.4. The van der Waals surface area contributed by atoms with Crippen LogP contribution in [0.15, 0.2) is 53.6 Å². The molecule has 0 fully saturated rings. The maximum atomic E-state index is 12.9. The number of nitrogens with zero attached hydrogens (tertiary/aromatic N) is 1. The highest BCUT2D eigenvalue weighted by Crippen LogP contribution is 2.27. The Balaban J connectivity index is 1.66. The Morgan fingerprint density at radius 1 is 1.18 bits per heavy atom. The summed E-state index contributed by atoms with van der Waals surface area (Å²) in [5, 5.41) is 4.86. The van der Waals surface area contributed by atoms with E-state index >= 15 is 0 Å². The molecule has 0 radical (unpaired) electrons. The van der Waals surface area contributed by atoms with Gasteiger partial charge in [-0.05, 0) is 37.3 Å². The molecule has 9 heteroatoms. The third-order valence-electron chi connectivity index (χ3n) is 3.93. The minimum absolute atomic E-state index is 0.0977. The standard InChI is InChI=1S/C19H15F4N3O2/c1-11-15(14-4-2-3-5-16(14)25-11)10-24-26-17(27)12-6-8-13(9-7-12)28-19(22,23)18(20)21/h2-10,18,25H,1H3,(H,26,27)/b24-10+. The second-order valence-corrected chi connectivity index (χ2v) is 5.90. The number of halogens is 4. The quantitative estimate of drug-likeness (QED) is 0.369. The molecule has 3 aromatic rings. The Morgan fingerprint density at radius 3 is 2.54 bits per heavy atom. The second kappa shape index (κ2) is 7.71. The average Bonchev–Trinajstić information content (AvgIpc) is 2.97. The van der Waals surface area contributed by atoms with Crippen LogP contribution in [0.2, 0.25) is 0 Å². The Morgan fingerprint density at radius 2 is 1.86 bits per heavy atom. The first-order valence-electron chi connectivity index (χ1n) is 8.13. The lowest BCUT2D eigenvalue weighted by atomic mass is 10.1. The Kier molecular flexibility index (Phi) is 5.34. The van der Waals surface area contributed by atoms with Crippen molar-refractivity contribution in [2.75, 3.05) is 0 Å². The van der Waals surface area contributed by atoms with E-state index in [4.69, 9.17) is 0 Å². The van der Waals surface area contributed by atoms with E-state index in [-0.39, 0.29) is 5.56 Å². The third-order valence-corrected chi connectivity index (χ3v) is 3.93. The lowest BCUT2D eigenvalue weighted by molar-refractivity contribution is -0.253. The molecule has 0 atom stereocenters. The van der Waals surface area contributed by atoms with E-state index in [0.29, 0.717) is 0 Å². The van der Waals surface area contributed by atoms with E-state index in [1.165, 1.54) is 18.3 Å². The molecule has 1 aromatic heterocycles. The molecule has 1 amide bonds. The van der Waals surface area contributed by atoms with Crippen LogP contribution in [0, 0.1) is 6.92 Å². The smallest absolute Gasteiger partial charge is 0.428 e. The van der Waals surface area contributed by atoms with Crippen LogP contribution in [0.4, 0.5) is 17.6 Å². The molecular weight excluding hydrogens is 378 g/mol. The lowest BCUT2D eigenvalue weighted by Crippen LogP contribution is -2.33. The van der Waals surface area contributed by atoms with Crippen LogP contribution >= 0.6 is 0 Å². The van der Waals surface area contributed by atoms with Crippen LogP contribution in [0.5, 0.6) is 5.75 Å². The van der Waals surface area contributed by atoms with Gasteiger partial charge in [-0.3, -0.25) is 4.79 Å². The van der Waals surface area contributed by atoms with Gasteiger partial charge in [0, 0.05) is 27.7 Å². The van der Waals surface area contributed by atoms with Crippen LogP contribution < -0.4 is 10.2 Å². The molecule has 0 aliphatic rings. The highest BCUT2D eigenvalue weighted by Gasteiger charge is 2.43. The molecule has 1 heterocycles. The second-order valence-electron chi connectivity index (χ2n) is 5.90. The topological polar surface area (TPSA) is 66.5 Å². The fraction of sp³-hybridized carbons (Fsp3) is 0.158. The number of para-hydroxylation sites is 1. The Hall–Kier alpha value is -3.36. The molecule has 0 saturated carbocycles. The van der Waals surface area contributed by atoms with Gasteiger partial charge < -0.3 is 9.72 Å². The number of aromatic amines is 1. The summed E-state index contributed by atoms with van der Waals surface area (Å²) in [6.07, 6.45) is -7.07. The molecule has 28 heavy (non-hydrogen) atoms. The van der Waals surface area contributed by atoms with E-state index in [1.54, 1.807) is 0 Å². The van der Waals surface area contributed by atoms with Gasteiger partial charge in [0.2, 0.25) is 0 Å². The number of carbonyl (C=O) groups excluding carboxylic acids is 1. The number of hydrogen-bond donors (Lipinski definition) is 2. The largest absolute Gasteiger partial charge is 0.461 e. The molecule has 146 valence electrons. The number of benzene rings is 2. The van der Waals surface area contributed by atoms with Gasteiger partial charge in [0.25, 0.3) is 5.91 Å². The monoisotopic (exact) mass is 393 g/mol. The number of amides is 1. The van der Waals surface area contributed by atoms with Gasteiger partial charge in [0.1, 0.15) is 5.75 Å². The summed E-state index contributed by atoms with van der Waals surface area (Å²) in [5.41, 5.74) is 5.04. The number of carbonyl (C=O) groups is 1. The summed E-state index contributed by atoms with van der Waals surface area (Å²) in [7, 11) is 0. The summed E-state index contributed by atoms with van der Waals surface area (Å²) in [4.78, 5) is 15.3. The number of alkyl halides is 4. The Labute approximate surface area is 157 Å². The SMILES string of the molecule is Cc1[nH]c2ccccc2c1/C=N/NC(=O)c1ccc(OC(F)(F)C(F)F)cc1. The van der Waals surface area contributed by atoms with Crippen molar-refractivity contribution in [3.05, 3.63) is 65.4 Å². The summed E-state index contributed by atoms with van der Waals surface area (Å²) >= 11 is 0. The number of rotatable bonds is 6. The van der Waals surface area contributed by atoms with Crippen molar-refractivity contribution in [3.8, 4) is 5.75 Å². The molecule has 0 aliphatic carbocycles. The first-order valence-corrected chi connectivity index (χ1v) is 8.13. The molecule has 0 bridgehead atoms. The summed E-state index contributed by atoms with van der Waals surface area (Å²) in [5.74, 6) is -1.08. The molecule has 0 spiro atoms. The molecule has 0 unspecified atom stereocenters. The van der Waals surface area contributed by atoms with Crippen LogP contribution in [-0.2, 0) is 0 Å². The zero-order chi connectivity index (χ0) is 20.3. The average molecular weight is 393 g/mol. The number of hydrogen-bond acceptors (Lipinski definition) is 3. The summed E-state index contributed by atoms with van der Waals surface area (Å²) in [6, 6.07) is 11.9. The highest BCUT2D eigenvalue weighted by molar-refractivity contribution is 6.01. The van der Waals surface area contributed by atoms with Crippen LogP contribution in [0.3, 0.4) is 0 Å². The predicted molar refractivity (Wildman–Crippen MR) is 96.1 cm³/mol. The normalized spacial score (nSPS) is 12.1. The first-order chi connectivity index (χ1) is 13.3.